The third kappa shape index (κ3) is 7.38. The van der Waals surface area contributed by atoms with Crippen molar-refractivity contribution in [3.05, 3.63) is 48.6 Å². The van der Waals surface area contributed by atoms with Gasteiger partial charge in [-0.1, -0.05) is 43.0 Å². The summed E-state index contributed by atoms with van der Waals surface area (Å²) in [7, 11) is 0. The summed E-state index contributed by atoms with van der Waals surface area (Å²) in [6.45, 7) is 10.9. The van der Waals surface area contributed by atoms with Crippen molar-refractivity contribution in [3.63, 3.8) is 0 Å². The van der Waals surface area contributed by atoms with Crippen LogP contribution in [0.15, 0.2) is 43.0 Å². The van der Waals surface area contributed by atoms with Crippen molar-refractivity contribution < 1.29 is 42.8 Å². The lowest BCUT2D eigenvalue weighted by Gasteiger charge is -2.50. The smallest absolute Gasteiger partial charge is 0.303 e. The van der Waals surface area contributed by atoms with Crippen LogP contribution in [0.5, 0.6) is 0 Å². The second-order valence-corrected chi connectivity index (χ2v) is 7.98. The molecule has 5 atom stereocenters. The fraction of sp³-hybridized carbons (Fsp3) is 0.542. The van der Waals surface area contributed by atoms with E-state index in [1.165, 1.54) is 26.8 Å². The van der Waals surface area contributed by atoms with Crippen molar-refractivity contribution >= 4 is 17.9 Å². The van der Waals surface area contributed by atoms with Gasteiger partial charge in [-0.25, -0.2) is 0 Å². The zero-order valence-corrected chi connectivity index (χ0v) is 19.6. The summed E-state index contributed by atoms with van der Waals surface area (Å²) in [6.07, 6.45) is -3.32. The lowest BCUT2D eigenvalue weighted by atomic mass is 9.86. The summed E-state index contributed by atoms with van der Waals surface area (Å²) < 4.78 is 34.6. The van der Waals surface area contributed by atoms with Gasteiger partial charge in [-0.05, 0) is 19.4 Å². The van der Waals surface area contributed by atoms with Gasteiger partial charge >= 0.3 is 17.9 Å². The molecule has 1 aliphatic heterocycles. The Kier molecular flexibility index (Phi) is 9.57. The van der Waals surface area contributed by atoms with Crippen molar-refractivity contribution in [2.45, 2.75) is 77.5 Å². The first-order chi connectivity index (χ1) is 15.6. The molecule has 1 fully saturated rings. The number of hydrogen-bond donors (Lipinski definition) is 0. The Morgan fingerprint density at radius 1 is 1.03 bits per heavy atom. The number of carbonyl (C=O) groups excluding carboxylic acids is 3. The van der Waals surface area contributed by atoms with Crippen LogP contribution in [0.2, 0.25) is 0 Å². The highest BCUT2D eigenvalue weighted by Crippen LogP contribution is 2.38. The van der Waals surface area contributed by atoms with Gasteiger partial charge in [0.05, 0.1) is 12.7 Å². The maximum Gasteiger partial charge on any atom is 0.303 e. The maximum absolute atomic E-state index is 12.0. The molecule has 1 aromatic rings. The van der Waals surface area contributed by atoms with Crippen molar-refractivity contribution in [2.24, 2.45) is 0 Å². The number of hydrogen-bond acceptors (Lipinski definition) is 9. The summed E-state index contributed by atoms with van der Waals surface area (Å²) in [5.41, 5.74) is -0.674. The lowest BCUT2D eigenvalue weighted by Crippen LogP contribution is -2.68. The molecule has 1 aliphatic rings. The molecule has 0 saturated carbocycles. The Balaban J connectivity index is 2.53. The van der Waals surface area contributed by atoms with E-state index in [0.29, 0.717) is 0 Å². The van der Waals surface area contributed by atoms with Gasteiger partial charge in [0, 0.05) is 20.8 Å². The van der Waals surface area contributed by atoms with Gasteiger partial charge < -0.3 is 28.4 Å². The lowest BCUT2D eigenvalue weighted by molar-refractivity contribution is -0.340. The van der Waals surface area contributed by atoms with Crippen molar-refractivity contribution in [3.8, 4) is 0 Å². The molecule has 9 nitrogen and oxygen atoms in total. The fourth-order valence-electron chi connectivity index (χ4n) is 3.49. The Morgan fingerprint density at radius 3 is 2.18 bits per heavy atom. The zero-order chi connectivity index (χ0) is 24.6. The van der Waals surface area contributed by atoms with Crippen LogP contribution in [-0.4, -0.2) is 60.8 Å². The minimum atomic E-state index is -1.52. The Labute approximate surface area is 193 Å². The summed E-state index contributed by atoms with van der Waals surface area (Å²) in [5.74, 6) is -1.79. The number of rotatable bonds is 10. The number of ether oxygens (including phenoxy) is 6. The van der Waals surface area contributed by atoms with Crippen LogP contribution in [0.25, 0.3) is 0 Å². The maximum atomic E-state index is 12.0. The van der Waals surface area contributed by atoms with E-state index < -0.39 is 48.1 Å². The zero-order valence-electron chi connectivity index (χ0n) is 19.6. The van der Waals surface area contributed by atoms with E-state index in [4.69, 9.17) is 28.4 Å². The standard InChI is InChI=1S/C24H32O9/c1-7-24(14-29-16(4)25)22(32-18(6)27)20(28-13-19-11-9-8-10-12-19)21(31-17(5)26)23(33-24)30-15(2)3/h7-12,15,20-23H,1,13-14H2,2-6H3/t20-,21-,22+,23-,24-/m1/s1. The van der Waals surface area contributed by atoms with Crippen LogP contribution >= 0.6 is 0 Å². The van der Waals surface area contributed by atoms with E-state index in [0.717, 1.165) is 5.56 Å². The molecule has 182 valence electrons. The number of benzene rings is 1. The normalized spacial score (nSPS) is 27.0. The summed E-state index contributed by atoms with van der Waals surface area (Å²) in [4.78, 5) is 35.6. The van der Waals surface area contributed by atoms with Crippen molar-refractivity contribution in [1.29, 1.82) is 0 Å². The van der Waals surface area contributed by atoms with Crippen LogP contribution in [0.4, 0.5) is 0 Å². The van der Waals surface area contributed by atoms with Crippen LogP contribution < -0.4 is 0 Å². The van der Waals surface area contributed by atoms with Crippen LogP contribution in [-0.2, 0) is 49.4 Å². The quantitative estimate of drug-likeness (QED) is 0.293. The van der Waals surface area contributed by atoms with E-state index in [1.54, 1.807) is 13.8 Å². The second kappa shape index (κ2) is 11.9. The van der Waals surface area contributed by atoms with E-state index in [-0.39, 0.29) is 19.3 Å². The monoisotopic (exact) mass is 464 g/mol. The van der Waals surface area contributed by atoms with Crippen molar-refractivity contribution in [1.82, 2.24) is 0 Å². The molecule has 0 N–H and O–H groups in total. The van der Waals surface area contributed by atoms with Gasteiger partial charge in [0.25, 0.3) is 0 Å². The minimum absolute atomic E-state index is 0.121. The average Bonchev–Trinajstić information content (AvgIpc) is 2.74. The van der Waals surface area contributed by atoms with Gasteiger partial charge in [-0.15, -0.1) is 0 Å². The topological polar surface area (TPSA) is 107 Å². The molecule has 0 bridgehead atoms. The Bertz CT molecular complexity index is 822. The number of carbonyl (C=O) groups is 3. The molecule has 2 rings (SSSR count). The molecular weight excluding hydrogens is 432 g/mol. The summed E-state index contributed by atoms with van der Waals surface area (Å²) in [6, 6.07) is 9.31. The van der Waals surface area contributed by atoms with Gasteiger partial charge in [-0.3, -0.25) is 14.4 Å². The third-order valence-electron chi connectivity index (χ3n) is 4.84. The predicted molar refractivity (Wildman–Crippen MR) is 117 cm³/mol. The molecule has 1 saturated heterocycles. The Morgan fingerprint density at radius 2 is 1.67 bits per heavy atom. The fourth-order valence-corrected chi connectivity index (χ4v) is 3.49. The van der Waals surface area contributed by atoms with Crippen LogP contribution in [0.3, 0.4) is 0 Å². The molecule has 9 heteroatoms. The molecular formula is C24H32O9. The SMILES string of the molecule is C=C[C@]1(COC(C)=O)O[C@@H](OC(C)C)[C@H](OC(C)=O)[C@@H](OCc2ccccc2)[C@@H]1OC(C)=O. The van der Waals surface area contributed by atoms with Crippen LogP contribution in [0, 0.1) is 0 Å². The highest BCUT2D eigenvalue weighted by atomic mass is 16.7. The highest BCUT2D eigenvalue weighted by Gasteiger charge is 2.58. The molecule has 1 aromatic carbocycles. The van der Waals surface area contributed by atoms with Gasteiger partial charge in [0.15, 0.2) is 24.1 Å². The molecule has 0 aliphatic carbocycles. The third-order valence-corrected chi connectivity index (χ3v) is 4.84. The van der Waals surface area contributed by atoms with E-state index in [9.17, 15) is 14.4 Å². The highest BCUT2D eigenvalue weighted by molar-refractivity contribution is 5.67. The molecule has 0 unspecified atom stereocenters. The molecule has 0 spiro atoms. The molecule has 0 aromatic heterocycles. The average molecular weight is 465 g/mol. The van der Waals surface area contributed by atoms with Gasteiger partial charge in [0.2, 0.25) is 0 Å². The minimum Gasteiger partial charge on any atom is -0.462 e. The molecule has 0 radical (unpaired) electrons. The number of esters is 3. The van der Waals surface area contributed by atoms with Crippen LogP contribution in [0.1, 0.15) is 40.2 Å². The summed E-state index contributed by atoms with van der Waals surface area (Å²) in [5, 5.41) is 0. The second-order valence-electron chi connectivity index (χ2n) is 7.98. The first kappa shape index (κ1) is 26.5. The van der Waals surface area contributed by atoms with E-state index in [2.05, 4.69) is 6.58 Å². The predicted octanol–water partition coefficient (Wildman–Crippen LogP) is 2.70. The van der Waals surface area contributed by atoms with Gasteiger partial charge in [-0.2, -0.15) is 0 Å². The van der Waals surface area contributed by atoms with E-state index in [1.807, 2.05) is 30.3 Å². The largest absolute Gasteiger partial charge is 0.462 e. The first-order valence-corrected chi connectivity index (χ1v) is 10.7. The van der Waals surface area contributed by atoms with Gasteiger partial charge in [0.1, 0.15) is 12.7 Å². The summed E-state index contributed by atoms with van der Waals surface area (Å²) >= 11 is 0. The molecule has 0 amide bonds. The van der Waals surface area contributed by atoms with Crippen molar-refractivity contribution in [2.75, 3.05) is 6.61 Å². The Hall–Kier alpha value is -2.75. The first-order valence-electron chi connectivity index (χ1n) is 10.7. The molecule has 33 heavy (non-hydrogen) atoms. The molecule has 1 heterocycles. The van der Waals surface area contributed by atoms with E-state index >= 15 is 0 Å².